The summed E-state index contributed by atoms with van der Waals surface area (Å²) in [6.45, 7) is -0.0330. The second-order valence-electron chi connectivity index (χ2n) is 4.76. The second kappa shape index (κ2) is 6.30. The lowest BCUT2D eigenvalue weighted by Gasteiger charge is -2.03. The normalized spacial score (nSPS) is 10.6. The molecule has 0 aliphatic carbocycles. The molecule has 110 valence electrons. The number of benzene rings is 2. The minimum absolute atomic E-state index is 0.0330. The number of ketones is 1. The van der Waals surface area contributed by atoms with Gasteiger partial charge in [0.1, 0.15) is 0 Å². The van der Waals surface area contributed by atoms with Crippen LogP contribution < -0.4 is 5.32 Å². The first-order valence-corrected chi connectivity index (χ1v) is 7.88. The van der Waals surface area contributed by atoms with E-state index in [1.165, 1.54) is 11.3 Å². The van der Waals surface area contributed by atoms with Crippen LogP contribution in [-0.2, 0) is 0 Å². The first-order chi connectivity index (χ1) is 10.6. The molecular weight excluding hydrogens is 318 g/mol. The lowest BCUT2D eigenvalue weighted by atomic mass is 10.1. The molecule has 0 fully saturated rings. The van der Waals surface area contributed by atoms with E-state index in [0.29, 0.717) is 15.5 Å². The van der Waals surface area contributed by atoms with Crippen molar-refractivity contribution >= 4 is 44.7 Å². The average molecular weight is 330 g/mol. The number of carbonyl (C=O) groups excluding carboxylic acids is 2. The van der Waals surface area contributed by atoms with Gasteiger partial charge < -0.3 is 5.32 Å². The molecule has 3 aromatic rings. The molecule has 3 rings (SSSR count). The van der Waals surface area contributed by atoms with E-state index < -0.39 is 0 Å². The molecule has 5 heteroatoms. The van der Waals surface area contributed by atoms with Crippen molar-refractivity contribution in [2.45, 2.75) is 0 Å². The van der Waals surface area contributed by atoms with E-state index in [0.717, 1.165) is 10.1 Å². The summed E-state index contributed by atoms with van der Waals surface area (Å²) >= 11 is 7.20. The van der Waals surface area contributed by atoms with Crippen molar-refractivity contribution in [2.75, 3.05) is 6.54 Å². The van der Waals surface area contributed by atoms with E-state index in [9.17, 15) is 9.59 Å². The first kappa shape index (κ1) is 14.8. The summed E-state index contributed by atoms with van der Waals surface area (Å²) in [5, 5.41) is 4.27. The van der Waals surface area contributed by atoms with Gasteiger partial charge in [-0.1, -0.05) is 29.8 Å². The third-order valence-electron chi connectivity index (χ3n) is 3.23. The number of rotatable bonds is 4. The lowest BCUT2D eigenvalue weighted by molar-refractivity contribution is 0.0907. The average Bonchev–Trinajstić information content (AvgIpc) is 2.97. The Morgan fingerprint density at radius 3 is 2.50 bits per heavy atom. The molecule has 0 unspecified atom stereocenters. The SMILES string of the molecule is O=C(CNC(=O)c1cc2ccccc2s1)c1ccc(Cl)cc1. The molecule has 0 atom stereocenters. The zero-order valence-corrected chi connectivity index (χ0v) is 13.1. The van der Waals surface area contributed by atoms with E-state index in [4.69, 9.17) is 11.6 Å². The summed E-state index contributed by atoms with van der Waals surface area (Å²) in [6, 6.07) is 16.2. The fraction of sp³-hybridized carbons (Fsp3) is 0.0588. The number of hydrogen-bond donors (Lipinski definition) is 1. The number of fused-ring (bicyclic) bond motifs is 1. The molecule has 0 bridgehead atoms. The van der Waals surface area contributed by atoms with Crippen LogP contribution in [0.15, 0.2) is 54.6 Å². The second-order valence-corrected chi connectivity index (χ2v) is 6.28. The summed E-state index contributed by atoms with van der Waals surface area (Å²) in [5.74, 6) is -0.380. The van der Waals surface area contributed by atoms with Gasteiger partial charge in [0.2, 0.25) is 0 Å². The molecule has 1 heterocycles. The fourth-order valence-electron chi connectivity index (χ4n) is 2.08. The molecule has 1 amide bonds. The molecule has 0 aliphatic rings. The number of carbonyl (C=O) groups is 2. The van der Waals surface area contributed by atoms with Gasteiger partial charge in [0, 0.05) is 15.3 Å². The maximum atomic E-state index is 12.1. The minimum atomic E-state index is -0.233. The summed E-state index contributed by atoms with van der Waals surface area (Å²) < 4.78 is 1.05. The Kier molecular flexibility index (Phi) is 4.22. The Hall–Kier alpha value is -2.17. The molecular formula is C17H12ClNO2S. The van der Waals surface area contributed by atoms with Crippen molar-refractivity contribution in [3.05, 3.63) is 70.1 Å². The van der Waals surface area contributed by atoms with E-state index >= 15 is 0 Å². The van der Waals surface area contributed by atoms with Crippen molar-refractivity contribution in [1.29, 1.82) is 0 Å². The van der Waals surface area contributed by atoms with Crippen LogP contribution in [0.25, 0.3) is 10.1 Å². The molecule has 0 saturated carbocycles. The van der Waals surface area contributed by atoms with Gasteiger partial charge in [-0.3, -0.25) is 9.59 Å². The van der Waals surface area contributed by atoms with Gasteiger partial charge in [0.15, 0.2) is 5.78 Å². The van der Waals surface area contributed by atoms with Gasteiger partial charge in [-0.2, -0.15) is 0 Å². The van der Waals surface area contributed by atoms with Crippen LogP contribution in [0, 0.1) is 0 Å². The highest BCUT2D eigenvalue weighted by molar-refractivity contribution is 7.20. The van der Waals surface area contributed by atoms with E-state index in [1.807, 2.05) is 30.3 Å². The Labute approximate surface area is 136 Å². The first-order valence-electron chi connectivity index (χ1n) is 6.69. The third-order valence-corrected chi connectivity index (χ3v) is 4.59. The predicted molar refractivity (Wildman–Crippen MR) is 89.9 cm³/mol. The highest BCUT2D eigenvalue weighted by atomic mass is 35.5. The third kappa shape index (κ3) is 3.18. The highest BCUT2D eigenvalue weighted by Gasteiger charge is 2.12. The van der Waals surface area contributed by atoms with E-state index in [2.05, 4.69) is 5.32 Å². The molecule has 1 N–H and O–H groups in total. The Morgan fingerprint density at radius 2 is 1.77 bits per heavy atom. The standard InChI is InChI=1S/C17H12ClNO2S/c18-13-7-5-11(6-8-13)14(20)10-19-17(21)16-9-12-3-1-2-4-15(12)22-16/h1-9H,10H2,(H,19,21). The van der Waals surface area contributed by atoms with Crippen LogP contribution in [0.5, 0.6) is 0 Å². The minimum Gasteiger partial charge on any atom is -0.344 e. The van der Waals surface area contributed by atoms with Crippen molar-refractivity contribution in [3.8, 4) is 0 Å². The number of Topliss-reactive ketones (excluding diaryl/α,β-unsaturated/α-hetero) is 1. The number of halogens is 1. The summed E-state index contributed by atoms with van der Waals surface area (Å²) in [5.41, 5.74) is 0.529. The summed E-state index contributed by atoms with van der Waals surface area (Å²) in [4.78, 5) is 24.7. The molecule has 22 heavy (non-hydrogen) atoms. The molecule has 0 saturated heterocycles. The van der Waals surface area contributed by atoms with Gasteiger partial charge in [0.05, 0.1) is 11.4 Å². The van der Waals surface area contributed by atoms with Gasteiger partial charge in [0.25, 0.3) is 5.91 Å². The molecule has 0 spiro atoms. The zero-order chi connectivity index (χ0) is 15.5. The molecule has 0 aliphatic heterocycles. The largest absolute Gasteiger partial charge is 0.344 e. The van der Waals surface area contributed by atoms with Crippen molar-refractivity contribution in [1.82, 2.24) is 5.32 Å². The number of nitrogens with one attached hydrogen (secondary N) is 1. The maximum absolute atomic E-state index is 12.1. The number of hydrogen-bond acceptors (Lipinski definition) is 3. The van der Waals surface area contributed by atoms with Gasteiger partial charge in [-0.05, 0) is 41.8 Å². The van der Waals surface area contributed by atoms with Crippen LogP contribution in [0.2, 0.25) is 5.02 Å². The summed E-state index contributed by atoms with van der Waals surface area (Å²) in [6.07, 6.45) is 0. The monoisotopic (exact) mass is 329 g/mol. The van der Waals surface area contributed by atoms with Crippen LogP contribution in [0.4, 0.5) is 0 Å². The fourth-order valence-corrected chi connectivity index (χ4v) is 3.18. The van der Waals surface area contributed by atoms with Crippen LogP contribution in [-0.4, -0.2) is 18.2 Å². The topological polar surface area (TPSA) is 46.2 Å². The van der Waals surface area contributed by atoms with Crippen LogP contribution in [0.3, 0.4) is 0 Å². The van der Waals surface area contributed by atoms with Crippen LogP contribution in [0.1, 0.15) is 20.0 Å². The Balaban J connectivity index is 1.66. The smallest absolute Gasteiger partial charge is 0.261 e. The lowest BCUT2D eigenvalue weighted by Crippen LogP contribution is -2.28. The van der Waals surface area contributed by atoms with Gasteiger partial charge in [-0.25, -0.2) is 0 Å². The molecule has 3 nitrogen and oxygen atoms in total. The van der Waals surface area contributed by atoms with E-state index in [-0.39, 0.29) is 18.2 Å². The molecule has 2 aromatic carbocycles. The Bertz CT molecular complexity index is 806. The number of thiophene rings is 1. The quantitative estimate of drug-likeness (QED) is 0.730. The van der Waals surface area contributed by atoms with Crippen molar-refractivity contribution in [3.63, 3.8) is 0 Å². The van der Waals surface area contributed by atoms with Gasteiger partial charge in [-0.15, -0.1) is 11.3 Å². The predicted octanol–water partition coefficient (Wildman–Crippen LogP) is 4.17. The van der Waals surface area contributed by atoms with Gasteiger partial charge >= 0.3 is 0 Å². The maximum Gasteiger partial charge on any atom is 0.261 e. The number of amides is 1. The summed E-state index contributed by atoms with van der Waals surface area (Å²) in [7, 11) is 0. The molecule has 0 radical (unpaired) electrons. The van der Waals surface area contributed by atoms with E-state index in [1.54, 1.807) is 24.3 Å². The Morgan fingerprint density at radius 1 is 1.05 bits per heavy atom. The zero-order valence-electron chi connectivity index (χ0n) is 11.5. The van der Waals surface area contributed by atoms with Crippen molar-refractivity contribution in [2.24, 2.45) is 0 Å². The molecule has 1 aromatic heterocycles. The highest BCUT2D eigenvalue weighted by Crippen LogP contribution is 2.25. The van der Waals surface area contributed by atoms with Crippen molar-refractivity contribution < 1.29 is 9.59 Å². The van der Waals surface area contributed by atoms with Crippen LogP contribution >= 0.6 is 22.9 Å².